The molecular formula is C21H17NO. The fraction of sp³-hybridized carbons (Fsp3) is 0.0952. The van der Waals surface area contributed by atoms with Crippen LogP contribution in [0, 0.1) is 13.8 Å². The predicted molar refractivity (Wildman–Crippen MR) is 96.5 cm³/mol. The maximum Gasteiger partial charge on any atom is 0.145 e. The molecule has 0 atom stereocenters. The van der Waals surface area contributed by atoms with E-state index >= 15 is 0 Å². The normalized spacial score (nSPS) is 11.2. The zero-order valence-electron chi connectivity index (χ0n) is 13.3. The van der Waals surface area contributed by atoms with Gasteiger partial charge in [0, 0.05) is 17.0 Å². The lowest BCUT2D eigenvalue weighted by Crippen LogP contribution is -1.91. The third-order valence-electron chi connectivity index (χ3n) is 4.43. The fourth-order valence-corrected chi connectivity index (χ4v) is 3.00. The highest BCUT2D eigenvalue weighted by Gasteiger charge is 2.16. The first-order chi connectivity index (χ1) is 11.2. The molecule has 2 nitrogen and oxygen atoms in total. The number of fused-ring (bicyclic) bond motifs is 3. The molecule has 0 fully saturated rings. The molecular weight excluding hydrogens is 282 g/mol. The van der Waals surface area contributed by atoms with E-state index in [1.54, 1.807) is 0 Å². The highest BCUT2D eigenvalue weighted by atomic mass is 16.3. The number of hydrogen-bond donors (Lipinski definition) is 0. The Morgan fingerprint density at radius 3 is 2.61 bits per heavy atom. The predicted octanol–water partition coefficient (Wildman–Crippen LogP) is 5.91. The Morgan fingerprint density at radius 1 is 1.00 bits per heavy atom. The molecule has 2 aromatic heterocycles. The van der Waals surface area contributed by atoms with E-state index in [2.05, 4.69) is 49.7 Å². The van der Waals surface area contributed by atoms with Gasteiger partial charge in [-0.3, -0.25) is 4.98 Å². The molecule has 0 radical (unpaired) electrons. The second kappa shape index (κ2) is 5.10. The number of rotatable bonds is 2. The number of hydrogen-bond acceptors (Lipinski definition) is 2. The van der Waals surface area contributed by atoms with Crippen LogP contribution in [-0.2, 0) is 0 Å². The summed E-state index contributed by atoms with van der Waals surface area (Å²) >= 11 is 0. The van der Waals surface area contributed by atoms with Crippen LogP contribution in [0.1, 0.15) is 16.7 Å². The third-order valence-corrected chi connectivity index (χ3v) is 4.43. The summed E-state index contributed by atoms with van der Waals surface area (Å²) in [7, 11) is 0. The van der Waals surface area contributed by atoms with Crippen LogP contribution < -0.4 is 0 Å². The molecule has 2 heterocycles. The summed E-state index contributed by atoms with van der Waals surface area (Å²) in [5.74, 6) is 0. The van der Waals surface area contributed by atoms with Crippen LogP contribution in [-0.4, -0.2) is 4.98 Å². The van der Waals surface area contributed by atoms with E-state index in [-0.39, 0.29) is 0 Å². The zero-order chi connectivity index (χ0) is 16.0. The molecule has 4 rings (SSSR count). The smallest absolute Gasteiger partial charge is 0.145 e. The van der Waals surface area contributed by atoms with Gasteiger partial charge in [-0.15, -0.1) is 0 Å². The van der Waals surface area contributed by atoms with E-state index in [9.17, 15) is 0 Å². The third kappa shape index (κ3) is 2.07. The molecule has 0 saturated carbocycles. The van der Waals surface area contributed by atoms with Gasteiger partial charge in [0.1, 0.15) is 11.2 Å². The Morgan fingerprint density at radius 2 is 1.83 bits per heavy atom. The summed E-state index contributed by atoms with van der Waals surface area (Å²) in [6.07, 6.45) is 3.78. The van der Waals surface area contributed by atoms with Crippen molar-refractivity contribution in [1.29, 1.82) is 0 Å². The van der Waals surface area contributed by atoms with Gasteiger partial charge < -0.3 is 4.42 Å². The molecule has 2 heteroatoms. The molecule has 2 aromatic carbocycles. The minimum Gasteiger partial charge on any atom is -0.455 e. The highest BCUT2D eigenvalue weighted by Crippen LogP contribution is 2.38. The van der Waals surface area contributed by atoms with Gasteiger partial charge in [0.05, 0.1) is 11.3 Å². The van der Waals surface area contributed by atoms with Crippen molar-refractivity contribution in [2.75, 3.05) is 0 Å². The van der Waals surface area contributed by atoms with E-state index in [0.29, 0.717) is 0 Å². The van der Waals surface area contributed by atoms with Crippen LogP contribution >= 0.6 is 0 Å². The van der Waals surface area contributed by atoms with E-state index in [0.717, 1.165) is 38.8 Å². The lowest BCUT2D eigenvalue weighted by atomic mass is 9.98. The molecule has 112 valence electrons. The Labute approximate surface area is 135 Å². The summed E-state index contributed by atoms with van der Waals surface area (Å²) in [6, 6.07) is 14.4. The summed E-state index contributed by atoms with van der Waals surface area (Å²) in [5.41, 5.74) is 7.15. The van der Waals surface area contributed by atoms with Gasteiger partial charge in [0.15, 0.2) is 0 Å². The van der Waals surface area contributed by atoms with Crippen LogP contribution in [0.5, 0.6) is 0 Å². The molecule has 0 aliphatic heterocycles. The second-order valence-corrected chi connectivity index (χ2v) is 5.86. The summed E-state index contributed by atoms with van der Waals surface area (Å²) in [6.45, 7) is 8.12. The molecule has 0 unspecified atom stereocenters. The number of furan rings is 1. The second-order valence-electron chi connectivity index (χ2n) is 5.86. The molecule has 0 spiro atoms. The number of pyridine rings is 1. The van der Waals surface area contributed by atoms with Gasteiger partial charge >= 0.3 is 0 Å². The van der Waals surface area contributed by atoms with Crippen molar-refractivity contribution in [3.63, 3.8) is 0 Å². The first kappa shape index (κ1) is 13.8. The van der Waals surface area contributed by atoms with Gasteiger partial charge in [0.25, 0.3) is 0 Å². The highest BCUT2D eigenvalue weighted by molar-refractivity contribution is 6.10. The number of aromatic nitrogens is 1. The monoisotopic (exact) mass is 299 g/mol. The zero-order valence-corrected chi connectivity index (χ0v) is 13.3. The number of benzene rings is 2. The Kier molecular flexibility index (Phi) is 3.05. The number of nitrogens with zero attached hydrogens (tertiary/aromatic N) is 1. The van der Waals surface area contributed by atoms with Crippen LogP contribution in [0.15, 0.2) is 59.7 Å². The van der Waals surface area contributed by atoms with Crippen LogP contribution in [0.2, 0.25) is 0 Å². The quantitative estimate of drug-likeness (QED) is 0.460. The van der Waals surface area contributed by atoms with Crippen molar-refractivity contribution in [3.8, 4) is 11.3 Å². The van der Waals surface area contributed by atoms with E-state index in [1.807, 2.05) is 30.5 Å². The number of aryl methyl sites for hydroxylation is 2. The Balaban J connectivity index is 2.14. The lowest BCUT2D eigenvalue weighted by molar-refractivity contribution is 0.669. The maximum absolute atomic E-state index is 6.16. The average molecular weight is 299 g/mol. The van der Waals surface area contributed by atoms with Crippen molar-refractivity contribution in [2.45, 2.75) is 13.8 Å². The van der Waals surface area contributed by atoms with Gasteiger partial charge in [-0.25, -0.2) is 0 Å². The van der Waals surface area contributed by atoms with Gasteiger partial charge in [0.2, 0.25) is 0 Å². The standard InChI is InChI=1S/C21H17NO/c1-4-15-9-10-17-16-7-5-6-8-19(16)23-21(17)20(15)18-11-13(2)14(3)12-22-18/h4-12H,1H2,2-3H3. The SMILES string of the molecule is C=Cc1ccc2c(oc3ccccc32)c1-c1cc(C)c(C)cn1. The van der Waals surface area contributed by atoms with Gasteiger partial charge in [-0.1, -0.05) is 36.9 Å². The fourth-order valence-electron chi connectivity index (χ4n) is 3.00. The molecule has 0 amide bonds. The van der Waals surface area contributed by atoms with Gasteiger partial charge in [-0.05, 0) is 48.7 Å². The molecule has 0 aliphatic carbocycles. The summed E-state index contributed by atoms with van der Waals surface area (Å²) in [4.78, 5) is 4.63. The van der Waals surface area contributed by atoms with E-state index in [1.165, 1.54) is 11.1 Å². The van der Waals surface area contributed by atoms with Crippen molar-refractivity contribution in [2.24, 2.45) is 0 Å². The first-order valence-corrected chi connectivity index (χ1v) is 7.69. The maximum atomic E-state index is 6.16. The van der Waals surface area contributed by atoms with Crippen molar-refractivity contribution < 1.29 is 4.42 Å². The van der Waals surface area contributed by atoms with Crippen molar-refractivity contribution in [1.82, 2.24) is 4.98 Å². The topological polar surface area (TPSA) is 26.0 Å². The van der Waals surface area contributed by atoms with E-state index < -0.39 is 0 Å². The molecule has 0 saturated heterocycles. The molecule has 23 heavy (non-hydrogen) atoms. The Bertz CT molecular complexity index is 1060. The molecule has 4 aromatic rings. The lowest BCUT2D eigenvalue weighted by Gasteiger charge is -2.08. The first-order valence-electron chi connectivity index (χ1n) is 7.69. The average Bonchev–Trinajstić information content (AvgIpc) is 2.95. The largest absolute Gasteiger partial charge is 0.455 e. The van der Waals surface area contributed by atoms with Crippen molar-refractivity contribution >= 4 is 28.0 Å². The van der Waals surface area contributed by atoms with Crippen LogP contribution in [0.25, 0.3) is 39.3 Å². The molecule has 0 bridgehead atoms. The minimum absolute atomic E-state index is 0.874. The Hall–Kier alpha value is -2.87. The van der Waals surface area contributed by atoms with Crippen LogP contribution in [0.3, 0.4) is 0 Å². The van der Waals surface area contributed by atoms with Crippen LogP contribution in [0.4, 0.5) is 0 Å². The molecule has 0 N–H and O–H groups in total. The minimum atomic E-state index is 0.874. The number of para-hydroxylation sites is 1. The van der Waals surface area contributed by atoms with Crippen molar-refractivity contribution in [3.05, 3.63) is 71.9 Å². The summed E-state index contributed by atoms with van der Waals surface area (Å²) in [5, 5.41) is 2.24. The molecule has 0 aliphatic rings. The van der Waals surface area contributed by atoms with E-state index in [4.69, 9.17) is 4.42 Å². The van der Waals surface area contributed by atoms with Gasteiger partial charge in [-0.2, -0.15) is 0 Å². The summed E-state index contributed by atoms with van der Waals surface area (Å²) < 4.78 is 6.16.